The number of nitrogens with zero attached hydrogens (tertiary/aromatic N) is 3. The van der Waals surface area contributed by atoms with E-state index in [0.29, 0.717) is 18.6 Å². The second-order valence-electron chi connectivity index (χ2n) is 18.1. The van der Waals surface area contributed by atoms with Crippen molar-refractivity contribution in [1.82, 2.24) is 25.5 Å². The maximum absolute atomic E-state index is 14.5. The van der Waals surface area contributed by atoms with Crippen LogP contribution in [0.2, 0.25) is 0 Å². The summed E-state index contributed by atoms with van der Waals surface area (Å²) in [4.78, 5) is 106. The number of fused-ring (bicyclic) bond motifs is 1. The summed E-state index contributed by atoms with van der Waals surface area (Å²) >= 11 is 0. The van der Waals surface area contributed by atoms with Crippen molar-refractivity contribution in [2.24, 2.45) is 35.0 Å². The molecule has 0 radical (unpaired) electrons. The normalized spacial score (nSPS) is 19.8. The van der Waals surface area contributed by atoms with Crippen LogP contribution in [-0.4, -0.2) is 81.1 Å². The van der Waals surface area contributed by atoms with Gasteiger partial charge in [-0.05, 0) is 72.3 Å². The molecule has 3 fully saturated rings. The number of carbonyl (C=O) groups is 7. The fourth-order valence-corrected chi connectivity index (χ4v) is 8.77. The van der Waals surface area contributed by atoms with E-state index in [2.05, 4.69) is 20.6 Å². The van der Waals surface area contributed by atoms with Gasteiger partial charge >= 0.3 is 6.09 Å². The van der Waals surface area contributed by atoms with Gasteiger partial charge in [-0.3, -0.25) is 33.8 Å². The molecule has 3 aliphatic rings. The number of rotatable bonds is 18. The van der Waals surface area contributed by atoms with Gasteiger partial charge in [0.1, 0.15) is 17.2 Å². The van der Waals surface area contributed by atoms with E-state index in [9.17, 15) is 33.6 Å². The zero-order chi connectivity index (χ0) is 43.0. The van der Waals surface area contributed by atoms with E-state index in [-0.39, 0.29) is 61.4 Å². The lowest BCUT2D eigenvalue weighted by atomic mass is 9.74. The van der Waals surface area contributed by atoms with Crippen LogP contribution in [0.4, 0.5) is 4.79 Å². The minimum Gasteiger partial charge on any atom is -0.410 e. The van der Waals surface area contributed by atoms with Crippen LogP contribution in [0, 0.1) is 35.0 Å². The van der Waals surface area contributed by atoms with Crippen LogP contribution in [0.1, 0.15) is 115 Å². The lowest BCUT2D eigenvalue weighted by Gasteiger charge is -2.34. The first-order chi connectivity index (χ1) is 28.7. The van der Waals surface area contributed by atoms with Gasteiger partial charge in [0.05, 0.1) is 24.2 Å². The van der Waals surface area contributed by atoms with E-state index in [1.54, 1.807) is 12.1 Å². The number of ketones is 4. The van der Waals surface area contributed by atoms with Crippen molar-refractivity contribution in [3.63, 3.8) is 0 Å². The number of ether oxygens (including phenoxy) is 1. The maximum Gasteiger partial charge on any atom is 0.415 e. The average Bonchev–Trinajstić information content (AvgIpc) is 3.96. The van der Waals surface area contributed by atoms with E-state index in [1.165, 1.54) is 23.5 Å². The molecule has 0 spiro atoms. The standard InChI is InChI=1S/C47H59N5O8/c1-5-11-33(43(56)41(55)22-29-16-17-29)24-39(53)35-27-52(46(59)60-34-19-18-30-12-9-10-15-32(30)23-34)28-38(35)50-44(57)36(47(2,3)4)25-40(54)42(31-13-7-6-8-14-31)51-45(58)37-26-48-20-21-49-37/h9-10,12,15,18-21,23,26,29,31,33,35-36,38,42H,5-8,11,13-14,16-17,22,24-25,27-28H2,1-4H3,(H,50,57)(H,51,58)/t33-,35-,36-,38+,42+/m1/s1. The van der Waals surface area contributed by atoms with Gasteiger partial charge in [-0.15, -0.1) is 0 Å². The molecule has 5 atom stereocenters. The summed E-state index contributed by atoms with van der Waals surface area (Å²) < 4.78 is 5.80. The monoisotopic (exact) mass is 821 g/mol. The van der Waals surface area contributed by atoms with Crippen molar-refractivity contribution < 1.29 is 38.3 Å². The van der Waals surface area contributed by atoms with Crippen LogP contribution in [-0.2, 0) is 24.0 Å². The largest absolute Gasteiger partial charge is 0.415 e. The van der Waals surface area contributed by atoms with Crippen LogP contribution in [0.3, 0.4) is 0 Å². The minimum absolute atomic E-state index is 0.0504. The molecule has 2 N–H and O–H groups in total. The third-order valence-electron chi connectivity index (χ3n) is 12.5. The Morgan fingerprint density at radius 2 is 1.62 bits per heavy atom. The Morgan fingerprint density at radius 3 is 2.28 bits per heavy atom. The van der Waals surface area contributed by atoms with Crippen LogP contribution in [0.5, 0.6) is 5.75 Å². The molecule has 0 unspecified atom stereocenters. The van der Waals surface area contributed by atoms with E-state index in [4.69, 9.17) is 4.74 Å². The van der Waals surface area contributed by atoms with Crippen molar-refractivity contribution in [2.45, 2.75) is 117 Å². The highest BCUT2D eigenvalue weighted by molar-refractivity contribution is 6.38. The van der Waals surface area contributed by atoms with Gasteiger partial charge in [-0.2, -0.15) is 0 Å². The Hall–Kier alpha value is -5.33. The predicted molar refractivity (Wildman–Crippen MR) is 225 cm³/mol. The number of hydrogen-bond acceptors (Lipinski definition) is 10. The number of Topliss-reactive ketones (excluding diaryl/α,β-unsaturated/α-hetero) is 4. The highest BCUT2D eigenvalue weighted by Crippen LogP contribution is 2.35. The van der Waals surface area contributed by atoms with Gasteiger partial charge in [0.25, 0.3) is 5.91 Å². The van der Waals surface area contributed by atoms with Crippen molar-refractivity contribution in [3.05, 3.63) is 66.7 Å². The molecule has 13 nitrogen and oxygen atoms in total. The molecule has 1 aromatic heterocycles. The molecule has 2 saturated carbocycles. The van der Waals surface area contributed by atoms with E-state index < -0.39 is 64.7 Å². The second-order valence-corrected chi connectivity index (χ2v) is 18.1. The highest BCUT2D eigenvalue weighted by Gasteiger charge is 2.45. The first-order valence-corrected chi connectivity index (χ1v) is 21.7. The molecular formula is C47H59N5O8. The zero-order valence-corrected chi connectivity index (χ0v) is 35.3. The van der Waals surface area contributed by atoms with Gasteiger partial charge in [0, 0.05) is 56.6 Å². The van der Waals surface area contributed by atoms with Crippen molar-refractivity contribution in [1.29, 1.82) is 0 Å². The summed E-state index contributed by atoms with van der Waals surface area (Å²) in [5.41, 5.74) is -0.633. The van der Waals surface area contributed by atoms with Crippen LogP contribution in [0.15, 0.2) is 61.1 Å². The van der Waals surface area contributed by atoms with E-state index in [0.717, 1.165) is 55.7 Å². The fourth-order valence-electron chi connectivity index (χ4n) is 8.77. The number of benzene rings is 2. The topological polar surface area (TPSA) is 182 Å². The van der Waals surface area contributed by atoms with Crippen LogP contribution in [0.25, 0.3) is 10.8 Å². The van der Waals surface area contributed by atoms with Crippen molar-refractivity contribution in [3.8, 4) is 5.75 Å². The number of carbonyl (C=O) groups excluding carboxylic acids is 7. The molecule has 60 heavy (non-hydrogen) atoms. The summed E-state index contributed by atoms with van der Waals surface area (Å²) in [6.07, 6.45) is 10.6. The van der Waals surface area contributed by atoms with Gasteiger partial charge in [0.15, 0.2) is 11.6 Å². The average molecular weight is 822 g/mol. The summed E-state index contributed by atoms with van der Waals surface area (Å²) in [7, 11) is 0. The summed E-state index contributed by atoms with van der Waals surface area (Å²) in [5.74, 6) is -4.69. The summed E-state index contributed by atoms with van der Waals surface area (Å²) in [6, 6.07) is 11.3. The molecule has 320 valence electrons. The Bertz CT molecular complexity index is 2050. The zero-order valence-electron chi connectivity index (χ0n) is 35.3. The lowest BCUT2D eigenvalue weighted by Crippen LogP contribution is -2.51. The molecule has 0 bridgehead atoms. The highest BCUT2D eigenvalue weighted by atomic mass is 16.6. The predicted octanol–water partition coefficient (Wildman–Crippen LogP) is 6.86. The minimum atomic E-state index is -0.902. The maximum atomic E-state index is 14.5. The smallest absolute Gasteiger partial charge is 0.410 e. The molecular weight excluding hydrogens is 763 g/mol. The Labute approximate surface area is 352 Å². The van der Waals surface area contributed by atoms with Crippen molar-refractivity contribution in [2.75, 3.05) is 13.1 Å². The van der Waals surface area contributed by atoms with E-state index in [1.807, 2.05) is 58.0 Å². The second kappa shape index (κ2) is 19.8. The first kappa shape index (κ1) is 44.2. The Balaban J connectivity index is 1.22. The molecule has 3 aromatic rings. The van der Waals surface area contributed by atoms with E-state index >= 15 is 0 Å². The molecule has 1 aliphatic heterocycles. The first-order valence-electron chi connectivity index (χ1n) is 21.7. The Morgan fingerprint density at radius 1 is 0.883 bits per heavy atom. The van der Waals surface area contributed by atoms with Gasteiger partial charge in [-0.25, -0.2) is 9.78 Å². The number of aromatic nitrogens is 2. The SMILES string of the molecule is CCC[C@H](CC(=O)[C@@H]1CN(C(=O)Oc2ccc3ccccc3c2)C[C@@H]1NC(=O)[C@@H](CC(=O)[C@@H](NC(=O)c1cnccn1)C1CCCCC1)C(C)(C)C)C(=O)C(=O)CC1CC1. The van der Waals surface area contributed by atoms with Gasteiger partial charge in [-0.1, -0.05) is 83.7 Å². The summed E-state index contributed by atoms with van der Waals surface area (Å²) in [5, 5.41) is 7.83. The number of amides is 3. The van der Waals surface area contributed by atoms with Crippen LogP contribution < -0.4 is 15.4 Å². The third-order valence-corrected chi connectivity index (χ3v) is 12.5. The third kappa shape index (κ3) is 11.5. The van der Waals surface area contributed by atoms with Crippen LogP contribution >= 0.6 is 0 Å². The van der Waals surface area contributed by atoms with Gasteiger partial charge in [0.2, 0.25) is 11.7 Å². The number of likely N-dealkylation sites (tertiary alicyclic amines) is 1. The molecule has 3 amide bonds. The molecule has 13 heteroatoms. The molecule has 2 heterocycles. The Kier molecular flexibility index (Phi) is 14.6. The lowest BCUT2D eigenvalue weighted by molar-refractivity contribution is -0.140. The molecule has 2 aromatic carbocycles. The van der Waals surface area contributed by atoms with Crippen molar-refractivity contribution >= 4 is 51.8 Å². The molecule has 1 saturated heterocycles. The molecule has 2 aliphatic carbocycles. The van der Waals surface area contributed by atoms with Gasteiger partial charge < -0.3 is 20.3 Å². The quantitative estimate of drug-likeness (QED) is 0.129. The molecule has 6 rings (SSSR count). The fraction of sp³-hybridized carbons (Fsp3) is 0.553. The summed E-state index contributed by atoms with van der Waals surface area (Å²) in [6.45, 7) is 7.36. The number of nitrogens with one attached hydrogen (secondary N) is 2. The number of hydrogen-bond donors (Lipinski definition) is 2.